The molecule has 0 spiro atoms. The fourth-order valence-corrected chi connectivity index (χ4v) is 2.58. The number of aromatic nitrogens is 3. The van der Waals surface area contributed by atoms with Gasteiger partial charge in [-0.3, -0.25) is 9.47 Å². The van der Waals surface area contributed by atoms with Gasteiger partial charge in [0.15, 0.2) is 0 Å². The molecule has 2 aromatic heterocycles. The molecule has 1 unspecified atom stereocenters. The molecule has 0 saturated heterocycles. The first-order chi connectivity index (χ1) is 14.2. The lowest BCUT2D eigenvalue weighted by atomic mass is 9.98. The molecule has 0 saturated carbocycles. The molecule has 8 heteroatoms. The van der Waals surface area contributed by atoms with E-state index in [9.17, 15) is 4.79 Å². The molecule has 0 fully saturated rings. The van der Waals surface area contributed by atoms with E-state index in [-0.39, 0.29) is 29.0 Å². The highest BCUT2D eigenvalue weighted by molar-refractivity contribution is 6.30. The minimum absolute atomic E-state index is 0.0984. The van der Waals surface area contributed by atoms with Gasteiger partial charge in [-0.05, 0) is 44.0 Å². The van der Waals surface area contributed by atoms with Gasteiger partial charge in [0.1, 0.15) is 0 Å². The van der Waals surface area contributed by atoms with Gasteiger partial charge < -0.3 is 14.5 Å². The number of ether oxygens (including phenoxy) is 2. The van der Waals surface area contributed by atoms with Crippen molar-refractivity contribution >= 4 is 11.6 Å². The molecular formula is C23H39ClN4O3. The summed E-state index contributed by atoms with van der Waals surface area (Å²) in [7, 11) is 3.94. The van der Waals surface area contributed by atoms with Crippen LogP contribution in [-0.2, 0) is 9.47 Å². The zero-order chi connectivity index (χ0) is 23.8. The smallest absolute Gasteiger partial charge is 0.348 e. The first kappa shape index (κ1) is 27.4. The summed E-state index contributed by atoms with van der Waals surface area (Å²) in [4.78, 5) is 20.2. The van der Waals surface area contributed by atoms with Crippen molar-refractivity contribution < 1.29 is 9.47 Å². The Labute approximate surface area is 191 Å². The van der Waals surface area contributed by atoms with Crippen LogP contribution in [-0.4, -0.2) is 53.2 Å². The van der Waals surface area contributed by atoms with Crippen molar-refractivity contribution in [1.82, 2.24) is 19.4 Å². The second-order valence-electron chi connectivity index (χ2n) is 10.3. The Morgan fingerprint density at radius 1 is 1.13 bits per heavy atom. The van der Waals surface area contributed by atoms with E-state index >= 15 is 0 Å². The number of hydrogen-bond acceptors (Lipinski definition) is 5. The second-order valence-corrected chi connectivity index (χ2v) is 10.7. The molecule has 0 amide bonds. The predicted octanol–water partition coefficient (Wildman–Crippen LogP) is 4.79. The first-order valence-electron chi connectivity index (χ1n) is 10.5. The zero-order valence-electron chi connectivity index (χ0n) is 20.4. The number of rotatable bonds is 7. The summed E-state index contributed by atoms with van der Waals surface area (Å²) in [5.74, 6) is 0. The standard InChI is InChI=1S/C13H29NO2.C10H10ClN3O/c1-12(2,3)9-15-11(14(7)8)16-10-13(4,5)6;1-7(9-3-2-4-12-9)14-6-8(11)5-13-10(14)15/h11H,9-10H2,1-8H3;2-7,12H,1H3. The van der Waals surface area contributed by atoms with Crippen LogP contribution in [0, 0.1) is 10.8 Å². The molecule has 0 aromatic carbocycles. The van der Waals surface area contributed by atoms with E-state index in [1.807, 2.05) is 44.2 Å². The zero-order valence-corrected chi connectivity index (χ0v) is 21.2. The Morgan fingerprint density at radius 2 is 1.68 bits per heavy atom. The van der Waals surface area contributed by atoms with E-state index < -0.39 is 0 Å². The van der Waals surface area contributed by atoms with Crippen molar-refractivity contribution in [3.63, 3.8) is 0 Å². The lowest BCUT2D eigenvalue weighted by Crippen LogP contribution is -2.37. The van der Waals surface area contributed by atoms with Crippen molar-refractivity contribution in [3.05, 3.63) is 51.9 Å². The van der Waals surface area contributed by atoms with Crippen LogP contribution in [0.25, 0.3) is 0 Å². The van der Waals surface area contributed by atoms with Crippen molar-refractivity contribution in [1.29, 1.82) is 0 Å². The fourth-order valence-electron chi connectivity index (χ4n) is 2.43. The summed E-state index contributed by atoms with van der Waals surface area (Å²) >= 11 is 5.79. The summed E-state index contributed by atoms with van der Waals surface area (Å²) in [6.45, 7) is 16.2. The highest BCUT2D eigenvalue weighted by Crippen LogP contribution is 2.18. The molecule has 0 aliphatic carbocycles. The molecule has 1 N–H and O–H groups in total. The van der Waals surface area contributed by atoms with Crippen molar-refractivity contribution in [2.75, 3.05) is 27.3 Å². The van der Waals surface area contributed by atoms with Crippen molar-refractivity contribution in [2.24, 2.45) is 10.8 Å². The maximum atomic E-state index is 11.5. The minimum Gasteiger partial charge on any atom is -0.363 e. The Kier molecular flexibility index (Phi) is 10.4. The summed E-state index contributed by atoms with van der Waals surface area (Å²) < 4.78 is 13.0. The van der Waals surface area contributed by atoms with E-state index in [4.69, 9.17) is 21.1 Å². The van der Waals surface area contributed by atoms with E-state index in [0.717, 1.165) is 5.69 Å². The molecular weight excluding hydrogens is 416 g/mol. The van der Waals surface area contributed by atoms with Gasteiger partial charge in [0, 0.05) is 18.1 Å². The van der Waals surface area contributed by atoms with Crippen LogP contribution in [0.1, 0.15) is 60.2 Å². The molecule has 0 bridgehead atoms. The fraction of sp³-hybridized carbons (Fsp3) is 0.652. The summed E-state index contributed by atoms with van der Waals surface area (Å²) in [6, 6.07) is 3.70. The lowest BCUT2D eigenvalue weighted by molar-refractivity contribution is -0.230. The first-order valence-corrected chi connectivity index (χ1v) is 10.8. The maximum Gasteiger partial charge on any atom is 0.348 e. The Balaban J connectivity index is 0.000000310. The van der Waals surface area contributed by atoms with Gasteiger partial charge in [-0.15, -0.1) is 0 Å². The summed E-state index contributed by atoms with van der Waals surface area (Å²) in [6.07, 6.45) is 4.50. The quantitative estimate of drug-likeness (QED) is 0.609. The van der Waals surface area contributed by atoms with E-state index in [1.54, 1.807) is 6.20 Å². The van der Waals surface area contributed by atoms with Crippen LogP contribution in [0.3, 0.4) is 0 Å². The number of aromatic amines is 1. The van der Waals surface area contributed by atoms with Crippen LogP contribution in [0.4, 0.5) is 0 Å². The van der Waals surface area contributed by atoms with Crippen LogP contribution < -0.4 is 5.69 Å². The third-order valence-electron chi connectivity index (χ3n) is 4.01. The van der Waals surface area contributed by atoms with Gasteiger partial charge in [0.2, 0.25) is 6.41 Å². The van der Waals surface area contributed by atoms with Crippen LogP contribution in [0.2, 0.25) is 5.02 Å². The van der Waals surface area contributed by atoms with E-state index in [0.29, 0.717) is 18.2 Å². The van der Waals surface area contributed by atoms with E-state index in [1.165, 1.54) is 10.8 Å². The molecule has 176 valence electrons. The summed E-state index contributed by atoms with van der Waals surface area (Å²) in [5.41, 5.74) is 0.973. The van der Waals surface area contributed by atoms with Gasteiger partial charge >= 0.3 is 5.69 Å². The number of H-pyrrole nitrogens is 1. The number of nitrogens with zero attached hydrogens (tertiary/aromatic N) is 3. The largest absolute Gasteiger partial charge is 0.363 e. The molecule has 2 heterocycles. The highest BCUT2D eigenvalue weighted by Gasteiger charge is 2.20. The lowest BCUT2D eigenvalue weighted by Gasteiger charge is -2.30. The number of hydrogen-bond donors (Lipinski definition) is 1. The van der Waals surface area contributed by atoms with Gasteiger partial charge in [-0.25, -0.2) is 9.78 Å². The van der Waals surface area contributed by atoms with Crippen LogP contribution >= 0.6 is 11.6 Å². The minimum atomic E-state index is -0.304. The maximum absolute atomic E-state index is 11.5. The van der Waals surface area contributed by atoms with Crippen molar-refractivity contribution in [2.45, 2.75) is 60.9 Å². The third kappa shape index (κ3) is 11.0. The van der Waals surface area contributed by atoms with E-state index in [2.05, 4.69) is 51.5 Å². The van der Waals surface area contributed by atoms with Gasteiger partial charge in [0.25, 0.3) is 0 Å². The average molecular weight is 455 g/mol. The monoisotopic (exact) mass is 454 g/mol. The normalized spacial score (nSPS) is 13.3. The Morgan fingerprint density at radius 3 is 2.10 bits per heavy atom. The molecule has 31 heavy (non-hydrogen) atoms. The van der Waals surface area contributed by atoms with Crippen LogP contribution in [0.15, 0.2) is 35.5 Å². The SMILES string of the molecule is CC(c1ccc[nH]1)n1cc(Cl)cnc1=O.CN(C)C(OCC(C)(C)C)OCC(C)(C)C. The van der Waals surface area contributed by atoms with Crippen LogP contribution in [0.5, 0.6) is 0 Å². The predicted molar refractivity (Wildman–Crippen MR) is 126 cm³/mol. The molecule has 0 aliphatic rings. The Bertz CT molecular complexity index is 803. The number of halogens is 1. The van der Waals surface area contributed by atoms with Gasteiger partial charge in [-0.2, -0.15) is 0 Å². The average Bonchev–Trinajstić information content (AvgIpc) is 3.16. The molecule has 0 aliphatic heterocycles. The molecule has 0 radical (unpaired) electrons. The molecule has 2 aromatic rings. The highest BCUT2D eigenvalue weighted by atomic mass is 35.5. The Hall–Kier alpha value is -1.67. The second kappa shape index (κ2) is 11.8. The number of nitrogens with one attached hydrogen (secondary N) is 1. The van der Waals surface area contributed by atoms with Gasteiger partial charge in [-0.1, -0.05) is 53.1 Å². The molecule has 1 atom stereocenters. The third-order valence-corrected chi connectivity index (χ3v) is 4.21. The molecule has 7 nitrogen and oxygen atoms in total. The van der Waals surface area contributed by atoms with Crippen molar-refractivity contribution in [3.8, 4) is 0 Å². The van der Waals surface area contributed by atoms with Gasteiger partial charge in [0.05, 0.1) is 30.5 Å². The topological polar surface area (TPSA) is 72.4 Å². The summed E-state index contributed by atoms with van der Waals surface area (Å²) in [5, 5.41) is 0.452. The molecule has 2 rings (SSSR count).